The van der Waals surface area contributed by atoms with E-state index in [2.05, 4.69) is 31.1 Å². The zero-order chi connectivity index (χ0) is 12.6. The standard InChI is InChI=1S/C7H6BrClN4O3S/c8-5-2-10-7(12-11-5)13-3-4(1-6(13)14)17(9,15)16/h2,4H,1,3H2. The summed E-state index contributed by atoms with van der Waals surface area (Å²) < 4.78 is 22.7. The molecule has 1 unspecified atom stereocenters. The Morgan fingerprint density at radius 2 is 2.18 bits per heavy atom. The lowest BCUT2D eigenvalue weighted by Crippen LogP contribution is -2.28. The largest absolute Gasteiger partial charge is 0.278 e. The van der Waals surface area contributed by atoms with Crippen molar-refractivity contribution in [3.63, 3.8) is 0 Å². The van der Waals surface area contributed by atoms with Crippen LogP contribution in [0.25, 0.3) is 0 Å². The third-order valence-corrected chi connectivity index (χ3v) is 4.48. The van der Waals surface area contributed by atoms with Crippen LogP contribution in [0.1, 0.15) is 6.42 Å². The Hall–Kier alpha value is -0.800. The highest BCUT2D eigenvalue weighted by atomic mass is 79.9. The van der Waals surface area contributed by atoms with Gasteiger partial charge in [0.25, 0.3) is 5.95 Å². The second kappa shape index (κ2) is 4.46. The van der Waals surface area contributed by atoms with Crippen LogP contribution in [-0.4, -0.2) is 41.3 Å². The third-order valence-electron chi connectivity index (χ3n) is 2.25. The van der Waals surface area contributed by atoms with E-state index < -0.39 is 14.3 Å². The molecular formula is C7H6BrClN4O3S. The van der Waals surface area contributed by atoms with E-state index in [1.54, 1.807) is 0 Å². The van der Waals surface area contributed by atoms with Crippen molar-refractivity contribution >= 4 is 47.5 Å². The smallest absolute Gasteiger partial charge is 0.252 e. The molecule has 1 aromatic heterocycles. The van der Waals surface area contributed by atoms with Gasteiger partial charge in [-0.2, -0.15) is 0 Å². The maximum absolute atomic E-state index is 11.6. The Bertz CT molecular complexity index is 549. The van der Waals surface area contributed by atoms with Crippen LogP contribution < -0.4 is 4.90 Å². The summed E-state index contributed by atoms with van der Waals surface area (Å²) in [6, 6.07) is 0. The fourth-order valence-corrected chi connectivity index (χ4v) is 2.64. The number of rotatable bonds is 2. The molecule has 0 aliphatic carbocycles. The molecule has 0 aromatic carbocycles. The summed E-state index contributed by atoms with van der Waals surface area (Å²) >= 11 is 3.06. The summed E-state index contributed by atoms with van der Waals surface area (Å²) in [4.78, 5) is 16.6. The number of aromatic nitrogens is 3. The van der Waals surface area contributed by atoms with Gasteiger partial charge in [0, 0.05) is 23.6 Å². The van der Waals surface area contributed by atoms with Gasteiger partial charge in [-0.05, 0) is 15.9 Å². The maximum atomic E-state index is 11.6. The van der Waals surface area contributed by atoms with E-state index in [0.29, 0.717) is 4.60 Å². The predicted molar refractivity (Wildman–Crippen MR) is 63.1 cm³/mol. The van der Waals surface area contributed by atoms with Gasteiger partial charge in [-0.3, -0.25) is 9.69 Å². The summed E-state index contributed by atoms with van der Waals surface area (Å²) in [7, 11) is 1.45. The van der Waals surface area contributed by atoms with E-state index in [0.717, 1.165) is 4.90 Å². The van der Waals surface area contributed by atoms with Crippen LogP contribution in [0.5, 0.6) is 0 Å². The van der Waals surface area contributed by atoms with Gasteiger partial charge in [0.1, 0.15) is 9.85 Å². The molecule has 1 amide bonds. The molecule has 17 heavy (non-hydrogen) atoms. The molecule has 1 saturated heterocycles. The van der Waals surface area contributed by atoms with Crippen LogP contribution in [0.2, 0.25) is 0 Å². The van der Waals surface area contributed by atoms with Crippen molar-refractivity contribution in [1.29, 1.82) is 0 Å². The van der Waals surface area contributed by atoms with E-state index in [9.17, 15) is 13.2 Å². The molecule has 0 N–H and O–H groups in total. The summed E-state index contributed by atoms with van der Waals surface area (Å²) in [6.45, 7) is -0.0476. The molecule has 2 rings (SSSR count). The van der Waals surface area contributed by atoms with Crippen LogP contribution >= 0.6 is 26.6 Å². The highest BCUT2D eigenvalue weighted by molar-refractivity contribution is 9.10. The Labute approximate surface area is 110 Å². The monoisotopic (exact) mass is 340 g/mol. The Balaban J connectivity index is 2.24. The van der Waals surface area contributed by atoms with E-state index in [1.807, 2.05) is 0 Å². The Kier molecular flexibility index (Phi) is 3.32. The lowest BCUT2D eigenvalue weighted by molar-refractivity contribution is -0.117. The van der Waals surface area contributed by atoms with Crippen molar-refractivity contribution in [3.8, 4) is 0 Å². The third kappa shape index (κ3) is 2.72. The lowest BCUT2D eigenvalue weighted by atomic mass is 10.4. The van der Waals surface area contributed by atoms with Crippen molar-refractivity contribution < 1.29 is 13.2 Å². The van der Waals surface area contributed by atoms with E-state index in [4.69, 9.17) is 10.7 Å². The van der Waals surface area contributed by atoms with Gasteiger partial charge in [0.2, 0.25) is 15.0 Å². The van der Waals surface area contributed by atoms with Crippen LogP contribution in [0, 0.1) is 0 Å². The van der Waals surface area contributed by atoms with Crippen LogP contribution in [0.3, 0.4) is 0 Å². The summed E-state index contributed by atoms with van der Waals surface area (Å²) in [5.41, 5.74) is 0. The SMILES string of the molecule is O=C1CC(S(=O)(=O)Cl)CN1c1ncc(Br)nn1. The highest BCUT2D eigenvalue weighted by Gasteiger charge is 2.39. The zero-order valence-corrected chi connectivity index (χ0v) is 11.4. The zero-order valence-electron chi connectivity index (χ0n) is 8.25. The Morgan fingerprint density at radius 3 is 2.65 bits per heavy atom. The predicted octanol–water partition coefficient (Wildman–Crippen LogP) is 0.308. The van der Waals surface area contributed by atoms with Gasteiger partial charge in [0.05, 0.1) is 6.20 Å². The Morgan fingerprint density at radius 1 is 1.47 bits per heavy atom. The molecule has 7 nitrogen and oxygen atoms in total. The molecule has 0 bridgehead atoms. The quantitative estimate of drug-likeness (QED) is 0.719. The normalized spacial score (nSPS) is 20.9. The molecule has 0 radical (unpaired) electrons. The highest BCUT2D eigenvalue weighted by Crippen LogP contribution is 2.24. The fraction of sp³-hybridized carbons (Fsp3) is 0.429. The average molecular weight is 342 g/mol. The minimum Gasteiger partial charge on any atom is -0.278 e. The van der Waals surface area contributed by atoms with Gasteiger partial charge >= 0.3 is 0 Å². The minimum absolute atomic E-state index is 0.0476. The average Bonchev–Trinajstić information content (AvgIpc) is 2.61. The van der Waals surface area contributed by atoms with Crippen molar-refractivity contribution in [1.82, 2.24) is 15.2 Å². The maximum Gasteiger partial charge on any atom is 0.252 e. The van der Waals surface area contributed by atoms with Crippen molar-refractivity contribution in [2.75, 3.05) is 11.4 Å². The molecule has 1 aliphatic heterocycles. The summed E-state index contributed by atoms with van der Waals surface area (Å²) in [5.74, 6) is -0.315. The molecular weight excluding hydrogens is 336 g/mol. The number of hydrogen-bond acceptors (Lipinski definition) is 6. The van der Waals surface area contributed by atoms with E-state index in [1.165, 1.54) is 6.20 Å². The number of anilines is 1. The molecule has 0 saturated carbocycles. The van der Waals surface area contributed by atoms with Gasteiger partial charge in [0.15, 0.2) is 0 Å². The first-order valence-corrected chi connectivity index (χ1v) is 7.63. The number of halogens is 2. The first-order chi connectivity index (χ1) is 7.88. The second-order valence-electron chi connectivity index (χ2n) is 3.39. The summed E-state index contributed by atoms with van der Waals surface area (Å²) in [6.07, 6.45) is 1.21. The fourth-order valence-electron chi connectivity index (χ4n) is 1.44. The van der Waals surface area contributed by atoms with Crippen molar-refractivity contribution in [2.24, 2.45) is 0 Å². The first-order valence-electron chi connectivity index (χ1n) is 4.47. The van der Waals surface area contributed by atoms with Gasteiger partial charge in [-0.15, -0.1) is 10.2 Å². The number of amides is 1. The van der Waals surface area contributed by atoms with Gasteiger partial charge in [-0.1, -0.05) is 0 Å². The molecule has 2 heterocycles. The molecule has 1 aromatic rings. The lowest BCUT2D eigenvalue weighted by Gasteiger charge is -2.12. The second-order valence-corrected chi connectivity index (χ2v) is 7.11. The molecule has 1 aliphatic rings. The first kappa shape index (κ1) is 12.7. The molecule has 1 fully saturated rings. The summed E-state index contributed by atoms with van der Waals surface area (Å²) in [5, 5.41) is 6.43. The molecule has 92 valence electrons. The minimum atomic E-state index is -3.76. The molecule has 1 atom stereocenters. The number of carbonyl (C=O) groups excluding carboxylic acids is 1. The number of nitrogens with zero attached hydrogens (tertiary/aromatic N) is 4. The number of carbonyl (C=O) groups is 1. The molecule has 10 heteroatoms. The van der Waals surface area contributed by atoms with E-state index in [-0.39, 0.29) is 24.8 Å². The van der Waals surface area contributed by atoms with Crippen LogP contribution in [0.4, 0.5) is 5.95 Å². The van der Waals surface area contributed by atoms with Crippen molar-refractivity contribution in [2.45, 2.75) is 11.7 Å². The molecule has 0 spiro atoms. The van der Waals surface area contributed by atoms with Crippen LogP contribution in [0.15, 0.2) is 10.8 Å². The van der Waals surface area contributed by atoms with Gasteiger partial charge in [-0.25, -0.2) is 13.4 Å². The topological polar surface area (TPSA) is 93.1 Å². The number of hydrogen-bond donors (Lipinski definition) is 0. The van der Waals surface area contributed by atoms with Crippen molar-refractivity contribution in [3.05, 3.63) is 10.8 Å². The van der Waals surface area contributed by atoms with E-state index >= 15 is 0 Å². The van der Waals surface area contributed by atoms with Crippen LogP contribution in [-0.2, 0) is 13.8 Å². The van der Waals surface area contributed by atoms with Gasteiger partial charge < -0.3 is 0 Å².